The molecule has 3 rings (SSSR count). The molecule has 1 saturated heterocycles. The average Bonchev–Trinajstić information content (AvgIpc) is 2.51. The van der Waals surface area contributed by atoms with Crippen LogP contribution in [0.3, 0.4) is 0 Å². The van der Waals surface area contributed by atoms with Gasteiger partial charge < -0.3 is 5.32 Å². The van der Waals surface area contributed by atoms with Crippen molar-refractivity contribution in [3.05, 3.63) is 33.4 Å². The summed E-state index contributed by atoms with van der Waals surface area (Å²) in [6, 6.07) is 9.80. The first-order chi connectivity index (χ1) is 9.83. The van der Waals surface area contributed by atoms with Gasteiger partial charge in [0.05, 0.1) is 0 Å². The minimum Gasteiger partial charge on any atom is -0.314 e. The predicted molar refractivity (Wildman–Crippen MR) is 92.8 cm³/mol. The van der Waals surface area contributed by atoms with E-state index in [1.807, 2.05) is 0 Å². The molecule has 3 heteroatoms. The van der Waals surface area contributed by atoms with Crippen molar-refractivity contribution in [3.63, 3.8) is 0 Å². The van der Waals surface area contributed by atoms with Gasteiger partial charge in [0.15, 0.2) is 0 Å². The van der Waals surface area contributed by atoms with Gasteiger partial charge in [-0.3, -0.25) is 4.90 Å². The third-order valence-electron chi connectivity index (χ3n) is 4.89. The van der Waals surface area contributed by atoms with E-state index in [9.17, 15) is 0 Å². The van der Waals surface area contributed by atoms with Crippen molar-refractivity contribution in [1.29, 1.82) is 0 Å². The van der Waals surface area contributed by atoms with E-state index in [1.54, 1.807) is 0 Å². The van der Waals surface area contributed by atoms with Crippen molar-refractivity contribution in [2.24, 2.45) is 5.92 Å². The molecule has 2 aliphatic rings. The van der Waals surface area contributed by atoms with Gasteiger partial charge in [0.25, 0.3) is 0 Å². The summed E-state index contributed by atoms with van der Waals surface area (Å²) in [4.78, 5) is 2.73. The van der Waals surface area contributed by atoms with E-state index in [1.165, 1.54) is 54.3 Å². The van der Waals surface area contributed by atoms with Crippen molar-refractivity contribution in [1.82, 2.24) is 10.2 Å². The first kappa shape index (κ1) is 14.8. The number of hydrogen-bond acceptors (Lipinski definition) is 2. The summed E-state index contributed by atoms with van der Waals surface area (Å²) < 4.78 is 1.33. The Bertz CT molecular complexity index is 412. The fraction of sp³-hybridized carbons (Fsp3) is 0.647. The lowest BCUT2D eigenvalue weighted by Gasteiger charge is -2.42. The summed E-state index contributed by atoms with van der Waals surface area (Å²) in [5.41, 5.74) is 1.47. The molecule has 1 N–H and O–H groups in total. The fourth-order valence-corrected chi connectivity index (χ4v) is 4.13. The van der Waals surface area contributed by atoms with Gasteiger partial charge in [0, 0.05) is 35.8 Å². The van der Waals surface area contributed by atoms with Crippen LogP contribution in [-0.4, -0.2) is 30.6 Å². The first-order valence-electron chi connectivity index (χ1n) is 8.02. The van der Waals surface area contributed by atoms with Crippen LogP contribution < -0.4 is 5.32 Å². The van der Waals surface area contributed by atoms with E-state index in [4.69, 9.17) is 0 Å². The normalized spacial score (nSPS) is 25.8. The summed E-state index contributed by atoms with van der Waals surface area (Å²) in [6.07, 6.45) is 7.22. The average molecular weight is 384 g/mol. The van der Waals surface area contributed by atoms with E-state index in [0.29, 0.717) is 0 Å². The van der Waals surface area contributed by atoms with Gasteiger partial charge in [0.1, 0.15) is 0 Å². The Morgan fingerprint density at radius 3 is 2.60 bits per heavy atom. The van der Waals surface area contributed by atoms with Crippen LogP contribution in [0.2, 0.25) is 0 Å². The summed E-state index contributed by atoms with van der Waals surface area (Å²) in [7, 11) is 0. The van der Waals surface area contributed by atoms with E-state index in [0.717, 1.165) is 25.0 Å². The van der Waals surface area contributed by atoms with Crippen LogP contribution in [0.15, 0.2) is 24.3 Å². The lowest BCUT2D eigenvalue weighted by atomic mass is 9.82. The first-order valence-corrected chi connectivity index (χ1v) is 9.10. The van der Waals surface area contributed by atoms with Crippen LogP contribution in [0, 0.1) is 9.49 Å². The second-order valence-corrected chi connectivity index (χ2v) is 7.51. The molecule has 0 bridgehead atoms. The number of piperazine rings is 1. The van der Waals surface area contributed by atoms with E-state index < -0.39 is 0 Å². The Hall–Kier alpha value is -0.130. The van der Waals surface area contributed by atoms with Gasteiger partial charge in [0.2, 0.25) is 0 Å². The number of nitrogens with zero attached hydrogens (tertiary/aromatic N) is 1. The van der Waals surface area contributed by atoms with Crippen molar-refractivity contribution in [2.75, 3.05) is 19.6 Å². The van der Waals surface area contributed by atoms with Crippen LogP contribution in [0.1, 0.15) is 37.7 Å². The molecule has 2 fully saturated rings. The molecule has 1 heterocycles. The summed E-state index contributed by atoms with van der Waals surface area (Å²) in [6.45, 7) is 4.66. The van der Waals surface area contributed by atoms with Gasteiger partial charge in [-0.15, -0.1) is 0 Å². The predicted octanol–water partition coefficient (Wildman–Crippen LogP) is 3.65. The van der Waals surface area contributed by atoms with Gasteiger partial charge in [-0.25, -0.2) is 0 Å². The molecule has 110 valence electrons. The summed E-state index contributed by atoms with van der Waals surface area (Å²) >= 11 is 2.38. The van der Waals surface area contributed by atoms with Crippen LogP contribution >= 0.6 is 22.6 Å². The van der Waals surface area contributed by atoms with Gasteiger partial charge in [-0.2, -0.15) is 0 Å². The molecule has 1 unspecified atom stereocenters. The molecule has 0 radical (unpaired) electrons. The van der Waals surface area contributed by atoms with Gasteiger partial charge >= 0.3 is 0 Å². The lowest BCUT2D eigenvalue weighted by molar-refractivity contribution is 0.0860. The Kier molecular flexibility index (Phi) is 5.35. The molecule has 1 aliphatic carbocycles. The maximum Gasteiger partial charge on any atom is 0.0252 e. The maximum atomic E-state index is 3.61. The highest BCUT2D eigenvalue weighted by molar-refractivity contribution is 14.1. The number of benzene rings is 1. The second-order valence-electron chi connectivity index (χ2n) is 6.27. The van der Waals surface area contributed by atoms with Crippen LogP contribution in [0.5, 0.6) is 0 Å². The highest BCUT2D eigenvalue weighted by Gasteiger charge is 2.30. The fourth-order valence-electron chi connectivity index (χ4n) is 3.77. The zero-order valence-electron chi connectivity index (χ0n) is 12.2. The monoisotopic (exact) mass is 384 g/mol. The van der Waals surface area contributed by atoms with Crippen LogP contribution in [0.4, 0.5) is 0 Å². The maximum absolute atomic E-state index is 3.61. The van der Waals surface area contributed by atoms with Crippen molar-refractivity contribution >= 4 is 22.6 Å². The quantitative estimate of drug-likeness (QED) is 0.801. The van der Waals surface area contributed by atoms with Crippen LogP contribution in [0.25, 0.3) is 0 Å². The third-order valence-corrected chi connectivity index (χ3v) is 5.61. The van der Waals surface area contributed by atoms with Crippen molar-refractivity contribution in [3.8, 4) is 0 Å². The number of hydrogen-bond donors (Lipinski definition) is 1. The number of nitrogens with one attached hydrogen (secondary N) is 1. The molecule has 1 aliphatic heterocycles. The second kappa shape index (κ2) is 7.23. The largest absolute Gasteiger partial charge is 0.314 e. The van der Waals surface area contributed by atoms with E-state index >= 15 is 0 Å². The molecular weight excluding hydrogens is 359 g/mol. The number of rotatable bonds is 3. The Balaban J connectivity index is 1.66. The third kappa shape index (κ3) is 3.74. The molecule has 1 atom stereocenters. The molecule has 1 aromatic rings. The van der Waals surface area contributed by atoms with E-state index in [-0.39, 0.29) is 0 Å². The zero-order valence-corrected chi connectivity index (χ0v) is 14.3. The molecule has 0 spiro atoms. The summed E-state index contributed by atoms with van der Waals surface area (Å²) in [5.74, 6) is 0.917. The minimum atomic E-state index is 0.753. The van der Waals surface area contributed by atoms with Crippen molar-refractivity contribution in [2.45, 2.75) is 44.7 Å². The summed E-state index contributed by atoms with van der Waals surface area (Å²) in [5, 5.41) is 3.61. The highest BCUT2D eigenvalue weighted by Crippen LogP contribution is 2.30. The SMILES string of the molecule is Ic1ccc(CN2CCNCC2C2CCCCC2)cc1. The minimum absolute atomic E-state index is 0.753. The molecule has 0 aromatic heterocycles. The molecule has 20 heavy (non-hydrogen) atoms. The van der Waals surface area contributed by atoms with Gasteiger partial charge in [-0.05, 0) is 59.0 Å². The van der Waals surface area contributed by atoms with Crippen LogP contribution in [-0.2, 0) is 6.54 Å². The molecule has 1 saturated carbocycles. The lowest BCUT2D eigenvalue weighted by Crippen LogP contribution is -2.54. The van der Waals surface area contributed by atoms with Crippen molar-refractivity contribution < 1.29 is 0 Å². The Labute approximate surface area is 136 Å². The van der Waals surface area contributed by atoms with E-state index in [2.05, 4.69) is 57.1 Å². The Morgan fingerprint density at radius 1 is 1.10 bits per heavy atom. The molecule has 0 amide bonds. The Morgan fingerprint density at radius 2 is 1.85 bits per heavy atom. The highest BCUT2D eigenvalue weighted by atomic mass is 127. The standard InChI is InChI=1S/C17H25IN2/c18-16-8-6-14(7-9-16)13-20-11-10-19-12-17(20)15-4-2-1-3-5-15/h6-9,15,17,19H,1-5,10-13H2. The smallest absolute Gasteiger partial charge is 0.0252 e. The molecule has 2 nitrogen and oxygen atoms in total. The zero-order chi connectivity index (χ0) is 13.8. The molecule has 1 aromatic carbocycles. The topological polar surface area (TPSA) is 15.3 Å². The van der Waals surface area contributed by atoms with Gasteiger partial charge in [-0.1, -0.05) is 31.4 Å². The number of halogens is 1. The molecular formula is C17H25IN2.